The minimum atomic E-state index is -0.0505. The van der Waals surface area contributed by atoms with Crippen LogP contribution in [0.2, 0.25) is 0 Å². The lowest BCUT2D eigenvalue weighted by molar-refractivity contribution is -0.118. The molecule has 2 rings (SSSR count). The monoisotopic (exact) mass is 252 g/mol. The number of rotatable bonds is 6. The van der Waals surface area contributed by atoms with Crippen LogP contribution >= 0.6 is 0 Å². The molecule has 1 N–H and O–H groups in total. The van der Waals surface area contributed by atoms with E-state index in [-0.39, 0.29) is 11.5 Å². The molecule has 1 saturated carbocycles. The molecule has 1 aliphatic carbocycles. The first-order valence-electron chi connectivity index (χ1n) is 6.85. The molecule has 1 amide bonds. The van der Waals surface area contributed by atoms with Gasteiger partial charge in [0.15, 0.2) is 0 Å². The van der Waals surface area contributed by atoms with Crippen LogP contribution in [0.25, 0.3) is 0 Å². The number of carbonyl (C=O) groups is 1. The number of amides is 1. The molecule has 1 aliphatic heterocycles. The fourth-order valence-corrected chi connectivity index (χ4v) is 2.60. The van der Waals surface area contributed by atoms with Crippen molar-refractivity contribution in [2.24, 2.45) is 5.92 Å². The number of nitrogens with zero attached hydrogens (tertiary/aromatic N) is 1. The molecule has 2 fully saturated rings. The fraction of sp³-hybridized carbons (Fsp3) is 0.786. The van der Waals surface area contributed by atoms with E-state index < -0.39 is 0 Å². The Morgan fingerprint density at radius 2 is 2.28 bits per heavy atom. The van der Waals surface area contributed by atoms with Gasteiger partial charge in [0.25, 0.3) is 0 Å². The number of likely N-dealkylation sites (N-methyl/N-ethyl adjacent to an activating group) is 1. The minimum absolute atomic E-state index is 0.00706. The molecular formula is C14H24N2O2. The van der Waals surface area contributed by atoms with Crippen LogP contribution in [-0.4, -0.2) is 50.2 Å². The van der Waals surface area contributed by atoms with Crippen LogP contribution in [-0.2, 0) is 9.53 Å². The highest BCUT2D eigenvalue weighted by Crippen LogP contribution is 2.46. The van der Waals surface area contributed by atoms with E-state index >= 15 is 0 Å². The highest BCUT2D eigenvalue weighted by atomic mass is 16.5. The second-order valence-corrected chi connectivity index (χ2v) is 5.67. The van der Waals surface area contributed by atoms with E-state index in [1.807, 2.05) is 25.1 Å². The zero-order valence-corrected chi connectivity index (χ0v) is 11.4. The average molecular weight is 252 g/mol. The quantitative estimate of drug-likeness (QED) is 0.722. The number of ether oxygens (including phenoxy) is 1. The summed E-state index contributed by atoms with van der Waals surface area (Å²) in [6.07, 6.45) is 8.24. The predicted octanol–water partition coefficient (Wildman–Crippen LogP) is 1.18. The molecule has 1 unspecified atom stereocenters. The van der Waals surface area contributed by atoms with Crippen molar-refractivity contribution < 1.29 is 9.53 Å². The summed E-state index contributed by atoms with van der Waals surface area (Å²) in [5, 5.41) is 2.99. The van der Waals surface area contributed by atoms with Crippen molar-refractivity contribution in [1.29, 1.82) is 0 Å². The molecule has 4 nitrogen and oxygen atoms in total. The Morgan fingerprint density at radius 1 is 1.50 bits per heavy atom. The van der Waals surface area contributed by atoms with Crippen molar-refractivity contribution in [2.45, 2.75) is 31.3 Å². The zero-order valence-electron chi connectivity index (χ0n) is 11.4. The molecule has 0 radical (unpaired) electrons. The van der Waals surface area contributed by atoms with Crippen molar-refractivity contribution in [2.75, 3.05) is 33.8 Å². The number of nitrogens with one attached hydrogen (secondary N) is 1. The van der Waals surface area contributed by atoms with Crippen molar-refractivity contribution in [3.63, 3.8) is 0 Å². The fourth-order valence-electron chi connectivity index (χ4n) is 2.60. The summed E-state index contributed by atoms with van der Waals surface area (Å²) in [5.41, 5.74) is -0.0505. The van der Waals surface area contributed by atoms with Crippen LogP contribution < -0.4 is 5.32 Å². The molecule has 4 heteroatoms. The smallest absolute Gasteiger partial charge is 0.243 e. The third kappa shape index (κ3) is 3.56. The summed E-state index contributed by atoms with van der Waals surface area (Å²) in [4.78, 5) is 13.7. The normalized spacial score (nSPS) is 28.2. The maximum absolute atomic E-state index is 11.7. The van der Waals surface area contributed by atoms with Crippen LogP contribution in [0, 0.1) is 5.92 Å². The summed E-state index contributed by atoms with van der Waals surface area (Å²) < 4.78 is 5.91. The summed E-state index contributed by atoms with van der Waals surface area (Å²) in [5.74, 6) is 0.665. The topological polar surface area (TPSA) is 41.6 Å². The first kappa shape index (κ1) is 13.6. The summed E-state index contributed by atoms with van der Waals surface area (Å²) in [7, 11) is 3.97. The molecule has 1 saturated heterocycles. The number of carbonyl (C=O) groups excluding carboxylic acids is 1. The van der Waals surface area contributed by atoms with Crippen LogP contribution in [0.4, 0.5) is 0 Å². The van der Waals surface area contributed by atoms with Gasteiger partial charge < -0.3 is 15.0 Å². The largest absolute Gasteiger partial charge is 0.373 e. The van der Waals surface area contributed by atoms with Crippen molar-refractivity contribution in [3.8, 4) is 0 Å². The Morgan fingerprint density at radius 3 is 2.83 bits per heavy atom. The Labute approximate surface area is 109 Å². The standard InChI is InChI=1S/C14H24N2O2/c1-16(2)9-3-5-13(17)15-11-14(12-6-7-12)8-4-10-18-14/h3,5,12H,4,6-11H2,1-2H3,(H,15,17)/b5-3+. The van der Waals surface area contributed by atoms with Gasteiger partial charge in [-0.25, -0.2) is 0 Å². The SMILES string of the molecule is CN(C)C/C=C/C(=O)NCC1(C2CC2)CCCO1. The molecule has 0 aromatic rings. The number of hydrogen-bond acceptors (Lipinski definition) is 3. The van der Waals surface area contributed by atoms with Gasteiger partial charge in [0, 0.05) is 25.8 Å². The average Bonchev–Trinajstić information content (AvgIpc) is 3.07. The molecule has 18 heavy (non-hydrogen) atoms. The second-order valence-electron chi connectivity index (χ2n) is 5.67. The lowest BCUT2D eigenvalue weighted by Gasteiger charge is -2.28. The Hall–Kier alpha value is -0.870. The van der Waals surface area contributed by atoms with Crippen LogP contribution in [0.1, 0.15) is 25.7 Å². The molecular weight excluding hydrogens is 228 g/mol. The molecule has 102 valence electrons. The van der Waals surface area contributed by atoms with Gasteiger partial charge in [-0.2, -0.15) is 0 Å². The first-order chi connectivity index (χ1) is 8.62. The third-order valence-corrected chi connectivity index (χ3v) is 3.76. The summed E-state index contributed by atoms with van der Waals surface area (Å²) >= 11 is 0. The van der Waals surface area contributed by atoms with E-state index in [9.17, 15) is 4.79 Å². The molecule has 0 aromatic heterocycles. The molecule has 0 bridgehead atoms. The third-order valence-electron chi connectivity index (χ3n) is 3.76. The maximum Gasteiger partial charge on any atom is 0.243 e. The highest BCUT2D eigenvalue weighted by molar-refractivity contribution is 5.87. The lowest BCUT2D eigenvalue weighted by Crippen LogP contribution is -2.43. The lowest BCUT2D eigenvalue weighted by atomic mass is 9.94. The van der Waals surface area contributed by atoms with E-state index in [1.54, 1.807) is 6.08 Å². The van der Waals surface area contributed by atoms with E-state index in [4.69, 9.17) is 4.74 Å². The van der Waals surface area contributed by atoms with E-state index in [2.05, 4.69) is 5.32 Å². The maximum atomic E-state index is 11.7. The van der Waals surface area contributed by atoms with Crippen LogP contribution in [0.15, 0.2) is 12.2 Å². The molecule has 1 heterocycles. The van der Waals surface area contributed by atoms with Crippen LogP contribution in [0.5, 0.6) is 0 Å². The van der Waals surface area contributed by atoms with Gasteiger partial charge in [-0.3, -0.25) is 4.79 Å². The van der Waals surface area contributed by atoms with Gasteiger partial charge >= 0.3 is 0 Å². The molecule has 0 spiro atoms. The Kier molecular flexibility index (Phi) is 4.40. The van der Waals surface area contributed by atoms with Gasteiger partial charge in [0.1, 0.15) is 0 Å². The number of hydrogen-bond donors (Lipinski definition) is 1. The van der Waals surface area contributed by atoms with Gasteiger partial charge in [-0.05, 0) is 45.7 Å². The van der Waals surface area contributed by atoms with Crippen molar-refractivity contribution in [3.05, 3.63) is 12.2 Å². The molecule has 1 atom stereocenters. The van der Waals surface area contributed by atoms with E-state index in [0.717, 1.165) is 26.0 Å². The van der Waals surface area contributed by atoms with Gasteiger partial charge in [0.2, 0.25) is 5.91 Å². The second kappa shape index (κ2) is 5.85. The first-order valence-corrected chi connectivity index (χ1v) is 6.85. The minimum Gasteiger partial charge on any atom is -0.373 e. The van der Waals surface area contributed by atoms with Crippen molar-refractivity contribution >= 4 is 5.91 Å². The Bertz CT molecular complexity index is 316. The van der Waals surface area contributed by atoms with Gasteiger partial charge in [0.05, 0.1) is 5.60 Å². The predicted molar refractivity (Wildman–Crippen MR) is 71.3 cm³/mol. The van der Waals surface area contributed by atoms with Gasteiger partial charge in [-0.1, -0.05) is 6.08 Å². The highest BCUT2D eigenvalue weighted by Gasteiger charge is 2.48. The Balaban J connectivity index is 1.76. The van der Waals surface area contributed by atoms with Crippen LogP contribution in [0.3, 0.4) is 0 Å². The van der Waals surface area contributed by atoms with Crippen molar-refractivity contribution in [1.82, 2.24) is 10.2 Å². The summed E-state index contributed by atoms with van der Waals surface area (Å²) in [6.45, 7) is 2.31. The molecule has 0 aromatic carbocycles. The van der Waals surface area contributed by atoms with E-state index in [0.29, 0.717) is 12.5 Å². The van der Waals surface area contributed by atoms with Gasteiger partial charge in [-0.15, -0.1) is 0 Å². The van der Waals surface area contributed by atoms with E-state index in [1.165, 1.54) is 12.8 Å². The molecule has 2 aliphatic rings. The summed E-state index contributed by atoms with van der Waals surface area (Å²) in [6, 6.07) is 0. The zero-order chi connectivity index (χ0) is 13.0.